The summed E-state index contributed by atoms with van der Waals surface area (Å²) in [5.74, 6) is -0.436. The number of aryl methyl sites for hydroxylation is 1. The zero-order chi connectivity index (χ0) is 22.8. The number of nitrogens with two attached hydrogens (primary N) is 1. The molecule has 0 bridgehead atoms. The van der Waals surface area contributed by atoms with E-state index in [1.54, 1.807) is 16.9 Å². The topological polar surface area (TPSA) is 90.0 Å². The quantitative estimate of drug-likeness (QED) is 0.380. The minimum absolute atomic E-state index is 0.0224. The lowest BCUT2D eigenvalue weighted by molar-refractivity contribution is 0.0999. The molecule has 162 valence electrons. The van der Waals surface area contributed by atoms with Gasteiger partial charge in [-0.25, -0.2) is 0 Å². The number of aromatic nitrogens is 2. The molecular formula is C25H24N4O2S. The highest BCUT2D eigenvalue weighted by Gasteiger charge is 2.18. The summed E-state index contributed by atoms with van der Waals surface area (Å²) in [5.41, 5.74) is 11.9. The monoisotopic (exact) mass is 444 g/mol. The molecule has 6 nitrogen and oxygen atoms in total. The van der Waals surface area contributed by atoms with E-state index in [1.807, 2.05) is 44.4 Å². The SMILES string of the molecule is Cc1c(C(N)=O)cc(Nc2cnn(C)c2)cc1C(C)c1cccc(-c2ccc(C=O)s2)c1. The molecule has 2 aromatic carbocycles. The van der Waals surface area contributed by atoms with Crippen molar-refractivity contribution in [2.24, 2.45) is 12.8 Å². The Morgan fingerprint density at radius 1 is 1.19 bits per heavy atom. The van der Waals surface area contributed by atoms with Gasteiger partial charge in [-0.1, -0.05) is 25.1 Å². The van der Waals surface area contributed by atoms with Crippen molar-refractivity contribution >= 4 is 34.9 Å². The van der Waals surface area contributed by atoms with E-state index in [0.29, 0.717) is 10.4 Å². The fourth-order valence-corrected chi connectivity index (χ4v) is 4.70. The number of nitrogens with one attached hydrogen (secondary N) is 1. The van der Waals surface area contributed by atoms with Gasteiger partial charge in [0.05, 0.1) is 16.8 Å². The third-order valence-corrected chi connectivity index (χ3v) is 6.65. The number of amides is 1. The first-order valence-corrected chi connectivity index (χ1v) is 11.0. The summed E-state index contributed by atoms with van der Waals surface area (Å²) in [4.78, 5) is 25.0. The van der Waals surface area contributed by atoms with E-state index in [-0.39, 0.29) is 5.92 Å². The van der Waals surface area contributed by atoms with Crippen LogP contribution in [0, 0.1) is 6.92 Å². The van der Waals surface area contributed by atoms with Crippen molar-refractivity contribution in [1.29, 1.82) is 0 Å². The molecule has 0 spiro atoms. The smallest absolute Gasteiger partial charge is 0.249 e. The van der Waals surface area contributed by atoms with E-state index in [4.69, 9.17) is 5.73 Å². The lowest BCUT2D eigenvalue weighted by Crippen LogP contribution is -2.15. The number of benzene rings is 2. The van der Waals surface area contributed by atoms with E-state index in [1.165, 1.54) is 11.3 Å². The summed E-state index contributed by atoms with van der Waals surface area (Å²) < 4.78 is 1.71. The Morgan fingerprint density at radius 3 is 2.66 bits per heavy atom. The Labute approximate surface area is 190 Å². The zero-order valence-corrected chi connectivity index (χ0v) is 18.9. The summed E-state index contributed by atoms with van der Waals surface area (Å²) in [6, 6.07) is 15.9. The normalized spacial score (nSPS) is 11.8. The van der Waals surface area contributed by atoms with Gasteiger partial charge < -0.3 is 11.1 Å². The molecule has 0 aliphatic rings. The van der Waals surface area contributed by atoms with Crippen LogP contribution in [0.3, 0.4) is 0 Å². The maximum Gasteiger partial charge on any atom is 0.249 e. The third kappa shape index (κ3) is 4.33. The molecule has 1 unspecified atom stereocenters. The van der Waals surface area contributed by atoms with Crippen molar-refractivity contribution in [1.82, 2.24) is 9.78 Å². The minimum Gasteiger partial charge on any atom is -0.366 e. The number of thiophene rings is 1. The lowest BCUT2D eigenvalue weighted by Gasteiger charge is -2.20. The summed E-state index contributed by atoms with van der Waals surface area (Å²) in [6.07, 6.45) is 4.46. The molecule has 2 aromatic heterocycles. The molecular weight excluding hydrogens is 420 g/mol. The molecule has 3 N–H and O–H groups in total. The van der Waals surface area contributed by atoms with Crippen LogP contribution in [0.5, 0.6) is 0 Å². The van der Waals surface area contributed by atoms with Gasteiger partial charge >= 0.3 is 0 Å². The maximum absolute atomic E-state index is 12.2. The fourth-order valence-electron chi connectivity index (χ4n) is 3.88. The molecule has 0 saturated carbocycles. The average molecular weight is 445 g/mol. The van der Waals surface area contributed by atoms with E-state index >= 15 is 0 Å². The summed E-state index contributed by atoms with van der Waals surface area (Å²) >= 11 is 1.47. The van der Waals surface area contributed by atoms with Crippen molar-refractivity contribution in [3.63, 3.8) is 0 Å². The molecule has 0 aliphatic heterocycles. The number of primary amides is 1. The Balaban J connectivity index is 1.74. The maximum atomic E-state index is 12.2. The van der Waals surface area contributed by atoms with Crippen LogP contribution in [0.4, 0.5) is 11.4 Å². The van der Waals surface area contributed by atoms with Gasteiger partial charge in [-0.2, -0.15) is 5.10 Å². The summed E-state index contributed by atoms with van der Waals surface area (Å²) in [7, 11) is 1.85. The molecule has 0 saturated heterocycles. The molecule has 4 aromatic rings. The first kappa shape index (κ1) is 21.5. The minimum atomic E-state index is -0.459. The van der Waals surface area contributed by atoms with Crippen LogP contribution in [0.25, 0.3) is 10.4 Å². The molecule has 0 radical (unpaired) electrons. The molecule has 7 heteroatoms. The third-order valence-electron chi connectivity index (χ3n) is 5.59. The first-order chi connectivity index (χ1) is 15.4. The second kappa shape index (κ2) is 8.80. The largest absolute Gasteiger partial charge is 0.366 e. The van der Waals surface area contributed by atoms with Gasteiger partial charge in [-0.05, 0) is 59.5 Å². The van der Waals surface area contributed by atoms with Crippen molar-refractivity contribution in [2.45, 2.75) is 19.8 Å². The number of anilines is 2. The first-order valence-electron chi connectivity index (χ1n) is 10.2. The van der Waals surface area contributed by atoms with Crippen LogP contribution in [-0.4, -0.2) is 22.0 Å². The van der Waals surface area contributed by atoms with E-state index in [0.717, 1.165) is 44.8 Å². The lowest BCUT2D eigenvalue weighted by atomic mass is 9.86. The summed E-state index contributed by atoms with van der Waals surface area (Å²) in [6.45, 7) is 4.05. The molecule has 4 rings (SSSR count). The van der Waals surface area contributed by atoms with Crippen LogP contribution in [0.15, 0.2) is 60.9 Å². The Hall–Kier alpha value is -3.71. The van der Waals surface area contributed by atoms with Crippen LogP contribution in [0.1, 0.15) is 49.6 Å². The van der Waals surface area contributed by atoms with Gasteiger partial charge in [-0.3, -0.25) is 14.3 Å². The Bertz CT molecular complexity index is 1310. The Morgan fingerprint density at radius 2 is 2.00 bits per heavy atom. The van der Waals surface area contributed by atoms with Gasteiger partial charge in [-0.15, -0.1) is 11.3 Å². The number of rotatable bonds is 7. The molecule has 0 fully saturated rings. The van der Waals surface area contributed by atoms with Gasteiger partial charge in [0.1, 0.15) is 0 Å². The molecule has 32 heavy (non-hydrogen) atoms. The average Bonchev–Trinajstić information content (AvgIpc) is 3.43. The van der Waals surface area contributed by atoms with E-state index in [2.05, 4.69) is 35.5 Å². The number of carbonyl (C=O) groups excluding carboxylic acids is 2. The second-order valence-corrected chi connectivity index (χ2v) is 8.91. The van der Waals surface area contributed by atoms with Crippen molar-refractivity contribution in [2.75, 3.05) is 5.32 Å². The number of aldehydes is 1. The summed E-state index contributed by atoms with van der Waals surface area (Å²) in [5, 5.41) is 7.50. The van der Waals surface area contributed by atoms with Crippen LogP contribution < -0.4 is 11.1 Å². The highest BCUT2D eigenvalue weighted by molar-refractivity contribution is 7.17. The van der Waals surface area contributed by atoms with Crippen molar-refractivity contribution < 1.29 is 9.59 Å². The highest BCUT2D eigenvalue weighted by Crippen LogP contribution is 2.35. The van der Waals surface area contributed by atoms with Gasteiger partial charge in [0.15, 0.2) is 6.29 Å². The molecule has 1 atom stereocenters. The van der Waals surface area contributed by atoms with Gasteiger partial charge in [0.25, 0.3) is 0 Å². The molecule has 1 amide bonds. The van der Waals surface area contributed by atoms with Gasteiger partial charge in [0, 0.05) is 35.3 Å². The number of hydrogen-bond acceptors (Lipinski definition) is 5. The number of nitrogens with zero attached hydrogens (tertiary/aromatic N) is 2. The molecule has 0 aliphatic carbocycles. The predicted molar refractivity (Wildman–Crippen MR) is 129 cm³/mol. The second-order valence-electron chi connectivity index (χ2n) is 7.80. The highest BCUT2D eigenvalue weighted by atomic mass is 32.1. The van der Waals surface area contributed by atoms with Crippen LogP contribution in [0.2, 0.25) is 0 Å². The van der Waals surface area contributed by atoms with E-state index in [9.17, 15) is 9.59 Å². The van der Waals surface area contributed by atoms with Crippen molar-refractivity contribution in [3.8, 4) is 10.4 Å². The standard InChI is InChI=1S/C25H24N4O2S/c1-15(17-5-4-6-18(9-17)24-8-7-21(14-30)32-24)22-10-19(11-23(16(22)2)25(26)31)28-20-12-27-29(3)13-20/h4-15,28H,1-3H3,(H2,26,31). The zero-order valence-electron chi connectivity index (χ0n) is 18.1. The Kier molecular flexibility index (Phi) is 5.92. The van der Waals surface area contributed by atoms with Crippen LogP contribution in [-0.2, 0) is 7.05 Å². The van der Waals surface area contributed by atoms with Gasteiger partial charge in [0.2, 0.25) is 5.91 Å². The number of hydrogen-bond donors (Lipinski definition) is 2. The fraction of sp³-hybridized carbons (Fsp3) is 0.160. The van der Waals surface area contributed by atoms with Crippen LogP contribution >= 0.6 is 11.3 Å². The van der Waals surface area contributed by atoms with Crippen molar-refractivity contribution in [3.05, 3.63) is 88.1 Å². The van der Waals surface area contributed by atoms with E-state index < -0.39 is 5.91 Å². The predicted octanol–water partition coefficient (Wildman–Crippen LogP) is 5.26. The number of carbonyl (C=O) groups is 2. The molecule has 2 heterocycles.